The number of ketones is 1. The highest BCUT2D eigenvalue weighted by molar-refractivity contribution is 9.10. The Morgan fingerprint density at radius 1 is 1.44 bits per heavy atom. The molecule has 1 saturated heterocycles. The van der Waals surface area contributed by atoms with E-state index in [0.29, 0.717) is 12.2 Å². The molecule has 1 aromatic rings. The number of carbonyl (C=O) groups is 1. The lowest BCUT2D eigenvalue weighted by molar-refractivity contribution is -0.125. The molecule has 18 heavy (non-hydrogen) atoms. The van der Waals surface area contributed by atoms with Crippen LogP contribution in [-0.4, -0.2) is 17.0 Å². The molecule has 1 heterocycles. The molecule has 2 fully saturated rings. The summed E-state index contributed by atoms with van der Waals surface area (Å²) in [5.41, 5.74) is 0.622. The highest BCUT2D eigenvalue weighted by Gasteiger charge is 2.71. The van der Waals surface area contributed by atoms with Gasteiger partial charge in [-0.15, -0.1) is 0 Å². The second-order valence-corrected chi connectivity index (χ2v) is 6.48. The Morgan fingerprint density at radius 2 is 2.28 bits per heavy atom. The molecule has 96 valence electrons. The quantitative estimate of drug-likeness (QED) is 0.798. The molecule has 2 atom stereocenters. The first-order valence-corrected chi connectivity index (χ1v) is 7.33. The Balaban J connectivity index is 1.72. The Labute approximate surface area is 116 Å². The lowest BCUT2D eigenvalue weighted by atomic mass is 9.76. The number of epoxide rings is 1. The van der Waals surface area contributed by atoms with Gasteiger partial charge in [0.15, 0.2) is 11.4 Å². The van der Waals surface area contributed by atoms with Gasteiger partial charge in [0.05, 0.1) is 0 Å². The maximum Gasteiger partial charge on any atom is 0.167 e. The van der Waals surface area contributed by atoms with E-state index in [0.717, 1.165) is 30.2 Å². The third kappa shape index (κ3) is 1.84. The fourth-order valence-corrected chi connectivity index (χ4v) is 3.67. The topological polar surface area (TPSA) is 29.6 Å². The van der Waals surface area contributed by atoms with E-state index >= 15 is 0 Å². The van der Waals surface area contributed by atoms with Crippen LogP contribution in [0, 0.1) is 0 Å². The molecule has 0 radical (unpaired) electrons. The molecular formula is C15H17BrO2. The molecule has 0 amide bonds. The highest BCUT2D eigenvalue weighted by Crippen LogP contribution is 2.57. The molecule has 1 saturated carbocycles. The minimum atomic E-state index is -0.465. The number of Topliss-reactive ketones (excluding diaryl/α,β-unsaturated/α-hetero) is 1. The molecule has 1 aromatic carbocycles. The van der Waals surface area contributed by atoms with Crippen molar-refractivity contribution in [2.75, 3.05) is 0 Å². The summed E-state index contributed by atoms with van der Waals surface area (Å²) in [6.07, 6.45) is 4.42. The number of benzene rings is 1. The molecule has 2 aliphatic rings. The molecule has 3 rings (SSSR count). The zero-order valence-electron chi connectivity index (χ0n) is 10.5. The predicted octanol–water partition coefficient (Wildman–Crippen LogP) is 3.66. The van der Waals surface area contributed by atoms with Gasteiger partial charge in [-0.3, -0.25) is 4.79 Å². The summed E-state index contributed by atoms with van der Waals surface area (Å²) in [6, 6.07) is 8.27. The van der Waals surface area contributed by atoms with E-state index in [1.54, 1.807) is 0 Å². The standard InChI is InChI=1S/C15H17BrO2/c1-14-8-3-6-13(17)15(14,18-14)9-7-11-4-2-5-12(16)10-11/h2,4-5,10H,3,6-9H2,1H3. The summed E-state index contributed by atoms with van der Waals surface area (Å²) < 4.78 is 6.95. The zero-order chi connectivity index (χ0) is 12.8. The average molecular weight is 309 g/mol. The normalized spacial score (nSPS) is 34.2. The van der Waals surface area contributed by atoms with Crippen LogP contribution >= 0.6 is 15.9 Å². The van der Waals surface area contributed by atoms with Gasteiger partial charge in [-0.1, -0.05) is 28.1 Å². The number of ether oxygens (including phenoxy) is 1. The first-order chi connectivity index (χ1) is 8.56. The van der Waals surface area contributed by atoms with Gasteiger partial charge in [0, 0.05) is 10.9 Å². The molecule has 1 aliphatic carbocycles. The largest absolute Gasteiger partial charge is 0.354 e. The monoisotopic (exact) mass is 308 g/mol. The number of aryl methyl sites for hydroxylation is 1. The van der Waals surface area contributed by atoms with Crippen molar-refractivity contribution in [1.82, 2.24) is 0 Å². The van der Waals surface area contributed by atoms with E-state index in [4.69, 9.17) is 4.74 Å². The van der Waals surface area contributed by atoms with Crippen molar-refractivity contribution in [1.29, 1.82) is 0 Å². The average Bonchev–Trinajstić information content (AvgIpc) is 2.95. The third-order valence-electron chi connectivity index (χ3n) is 4.37. The van der Waals surface area contributed by atoms with Crippen LogP contribution in [0.15, 0.2) is 28.7 Å². The van der Waals surface area contributed by atoms with Gasteiger partial charge in [0.2, 0.25) is 0 Å². The van der Waals surface area contributed by atoms with Crippen molar-refractivity contribution in [2.45, 2.75) is 50.2 Å². The van der Waals surface area contributed by atoms with Crippen LogP contribution in [0.1, 0.15) is 38.2 Å². The smallest absolute Gasteiger partial charge is 0.167 e. The number of hydrogen-bond donors (Lipinski definition) is 0. The molecule has 0 spiro atoms. The fourth-order valence-electron chi connectivity index (χ4n) is 3.22. The van der Waals surface area contributed by atoms with Crippen LogP contribution in [0.4, 0.5) is 0 Å². The predicted molar refractivity (Wildman–Crippen MR) is 73.5 cm³/mol. The summed E-state index contributed by atoms with van der Waals surface area (Å²) >= 11 is 3.48. The second kappa shape index (κ2) is 4.17. The van der Waals surface area contributed by atoms with Gasteiger partial charge in [-0.25, -0.2) is 0 Å². The van der Waals surface area contributed by atoms with Crippen molar-refractivity contribution in [3.8, 4) is 0 Å². The first kappa shape index (κ1) is 12.4. The van der Waals surface area contributed by atoms with Gasteiger partial charge in [0.25, 0.3) is 0 Å². The van der Waals surface area contributed by atoms with E-state index < -0.39 is 5.60 Å². The van der Waals surface area contributed by atoms with Crippen LogP contribution in [0.25, 0.3) is 0 Å². The summed E-state index contributed by atoms with van der Waals surface area (Å²) in [5, 5.41) is 0. The maximum absolute atomic E-state index is 12.1. The molecule has 0 aromatic heterocycles. The first-order valence-electron chi connectivity index (χ1n) is 6.54. The van der Waals surface area contributed by atoms with Crippen molar-refractivity contribution in [3.63, 3.8) is 0 Å². The van der Waals surface area contributed by atoms with Crippen LogP contribution in [-0.2, 0) is 16.0 Å². The molecule has 2 nitrogen and oxygen atoms in total. The van der Waals surface area contributed by atoms with Gasteiger partial charge in [-0.2, -0.15) is 0 Å². The van der Waals surface area contributed by atoms with Gasteiger partial charge < -0.3 is 4.74 Å². The second-order valence-electron chi connectivity index (χ2n) is 5.57. The van der Waals surface area contributed by atoms with E-state index in [9.17, 15) is 4.79 Å². The number of rotatable bonds is 3. The van der Waals surface area contributed by atoms with Gasteiger partial charge in [-0.05, 0) is 50.3 Å². The minimum absolute atomic E-state index is 0.172. The van der Waals surface area contributed by atoms with Crippen LogP contribution in [0.5, 0.6) is 0 Å². The molecule has 1 aliphatic heterocycles. The van der Waals surface area contributed by atoms with Crippen molar-refractivity contribution >= 4 is 21.7 Å². The Hall–Kier alpha value is -0.670. The summed E-state index contributed by atoms with van der Waals surface area (Å²) in [5.74, 6) is 0.311. The van der Waals surface area contributed by atoms with E-state index in [1.165, 1.54) is 5.56 Å². The van der Waals surface area contributed by atoms with Crippen LogP contribution in [0.2, 0.25) is 0 Å². The molecule has 0 bridgehead atoms. The number of hydrogen-bond acceptors (Lipinski definition) is 2. The van der Waals surface area contributed by atoms with Gasteiger partial charge >= 0.3 is 0 Å². The Bertz CT molecular complexity index is 499. The summed E-state index contributed by atoms with van der Waals surface area (Å²) in [4.78, 5) is 12.1. The fraction of sp³-hybridized carbons (Fsp3) is 0.533. The number of carbonyl (C=O) groups excluding carboxylic acids is 1. The summed E-state index contributed by atoms with van der Waals surface area (Å²) in [6.45, 7) is 2.09. The minimum Gasteiger partial charge on any atom is -0.354 e. The lowest BCUT2D eigenvalue weighted by Gasteiger charge is -2.20. The molecule has 0 N–H and O–H groups in total. The SMILES string of the molecule is CC12CCCC(=O)C1(CCc1cccc(Br)c1)O2. The Morgan fingerprint density at radius 3 is 3.00 bits per heavy atom. The molecular weight excluding hydrogens is 292 g/mol. The molecule has 2 unspecified atom stereocenters. The zero-order valence-corrected chi connectivity index (χ0v) is 12.1. The lowest BCUT2D eigenvalue weighted by Crippen LogP contribution is -2.36. The Kier molecular flexibility index (Phi) is 2.87. The van der Waals surface area contributed by atoms with Crippen molar-refractivity contribution in [3.05, 3.63) is 34.3 Å². The van der Waals surface area contributed by atoms with E-state index in [2.05, 4.69) is 35.0 Å². The van der Waals surface area contributed by atoms with E-state index in [-0.39, 0.29) is 5.60 Å². The van der Waals surface area contributed by atoms with Crippen molar-refractivity contribution < 1.29 is 9.53 Å². The van der Waals surface area contributed by atoms with Crippen LogP contribution in [0.3, 0.4) is 0 Å². The van der Waals surface area contributed by atoms with Crippen molar-refractivity contribution in [2.24, 2.45) is 0 Å². The number of fused-ring (bicyclic) bond motifs is 1. The summed E-state index contributed by atoms with van der Waals surface area (Å²) in [7, 11) is 0. The maximum atomic E-state index is 12.1. The highest BCUT2D eigenvalue weighted by atomic mass is 79.9. The van der Waals surface area contributed by atoms with Crippen LogP contribution < -0.4 is 0 Å². The molecule has 3 heteroatoms. The van der Waals surface area contributed by atoms with E-state index in [1.807, 2.05) is 12.1 Å². The van der Waals surface area contributed by atoms with Gasteiger partial charge in [0.1, 0.15) is 5.60 Å². The third-order valence-corrected chi connectivity index (χ3v) is 4.87. The number of halogens is 1.